The number of nitriles is 1. The SMILES string of the molecule is N#CSC/C=C/C12CC3CC(CC(C3)C1)C2. The molecular formula is C14H19NS. The normalized spacial score (nSPS) is 45.1. The van der Waals surface area contributed by atoms with Crippen molar-refractivity contribution >= 4 is 11.8 Å². The summed E-state index contributed by atoms with van der Waals surface area (Å²) in [7, 11) is 0. The third-order valence-electron chi connectivity index (χ3n) is 4.80. The lowest BCUT2D eigenvalue weighted by molar-refractivity contribution is -0.0237. The molecule has 1 nitrogen and oxygen atoms in total. The summed E-state index contributed by atoms with van der Waals surface area (Å²) in [5, 5.41) is 10.6. The number of thioether (sulfide) groups is 1. The maximum Gasteiger partial charge on any atom is 0.133 e. The van der Waals surface area contributed by atoms with Crippen LogP contribution in [0.25, 0.3) is 0 Å². The lowest BCUT2D eigenvalue weighted by Crippen LogP contribution is -2.45. The quantitative estimate of drug-likeness (QED) is 0.418. The van der Waals surface area contributed by atoms with E-state index in [0.29, 0.717) is 5.41 Å². The van der Waals surface area contributed by atoms with Crippen LogP contribution < -0.4 is 0 Å². The van der Waals surface area contributed by atoms with Crippen LogP contribution in [-0.2, 0) is 0 Å². The lowest BCUT2D eigenvalue weighted by Gasteiger charge is -2.55. The van der Waals surface area contributed by atoms with E-state index in [9.17, 15) is 0 Å². The summed E-state index contributed by atoms with van der Waals surface area (Å²) in [4.78, 5) is 0. The van der Waals surface area contributed by atoms with E-state index in [2.05, 4.69) is 17.6 Å². The first-order valence-corrected chi connectivity index (χ1v) is 7.47. The molecule has 2 heteroatoms. The molecule has 0 N–H and O–H groups in total. The second-order valence-corrected chi connectivity index (χ2v) is 6.89. The highest BCUT2D eigenvalue weighted by Crippen LogP contribution is 2.60. The predicted octanol–water partition coefficient (Wildman–Crippen LogP) is 3.97. The van der Waals surface area contributed by atoms with E-state index in [1.807, 2.05) is 0 Å². The van der Waals surface area contributed by atoms with Gasteiger partial charge in [-0.25, -0.2) is 0 Å². The number of hydrogen-bond acceptors (Lipinski definition) is 2. The zero-order valence-electron chi connectivity index (χ0n) is 9.69. The molecule has 4 aliphatic rings. The van der Waals surface area contributed by atoms with E-state index in [4.69, 9.17) is 5.26 Å². The molecule has 86 valence electrons. The van der Waals surface area contributed by atoms with Crippen molar-refractivity contribution in [2.24, 2.45) is 23.2 Å². The van der Waals surface area contributed by atoms with Crippen molar-refractivity contribution in [3.63, 3.8) is 0 Å². The van der Waals surface area contributed by atoms with E-state index >= 15 is 0 Å². The molecule has 0 spiro atoms. The van der Waals surface area contributed by atoms with Crippen molar-refractivity contribution in [3.8, 4) is 5.40 Å². The van der Waals surface area contributed by atoms with Gasteiger partial charge >= 0.3 is 0 Å². The maximum absolute atomic E-state index is 8.51. The lowest BCUT2D eigenvalue weighted by atomic mass is 9.49. The second kappa shape index (κ2) is 4.11. The van der Waals surface area contributed by atoms with Crippen molar-refractivity contribution < 1.29 is 0 Å². The molecule has 0 unspecified atom stereocenters. The van der Waals surface area contributed by atoms with Crippen molar-refractivity contribution in [2.75, 3.05) is 5.75 Å². The van der Waals surface area contributed by atoms with Crippen LogP contribution in [0.15, 0.2) is 12.2 Å². The van der Waals surface area contributed by atoms with Crippen LogP contribution in [0.5, 0.6) is 0 Å². The molecule has 4 aliphatic carbocycles. The van der Waals surface area contributed by atoms with Gasteiger partial charge in [-0.15, -0.1) is 0 Å². The Balaban J connectivity index is 1.69. The van der Waals surface area contributed by atoms with E-state index < -0.39 is 0 Å². The molecule has 4 bridgehead atoms. The summed E-state index contributed by atoms with van der Waals surface area (Å²) in [6.07, 6.45) is 13.6. The molecular weight excluding hydrogens is 214 g/mol. The van der Waals surface area contributed by atoms with Crippen molar-refractivity contribution in [1.29, 1.82) is 5.26 Å². The maximum atomic E-state index is 8.51. The smallest absolute Gasteiger partial charge is 0.133 e. The summed E-state index contributed by atoms with van der Waals surface area (Å²) < 4.78 is 0. The van der Waals surface area contributed by atoms with Crippen molar-refractivity contribution in [3.05, 3.63) is 12.2 Å². The Morgan fingerprint density at radius 2 is 1.69 bits per heavy atom. The molecule has 4 fully saturated rings. The number of hydrogen-bond donors (Lipinski definition) is 0. The summed E-state index contributed by atoms with van der Waals surface area (Å²) >= 11 is 1.36. The third-order valence-corrected chi connectivity index (χ3v) is 5.29. The molecule has 16 heavy (non-hydrogen) atoms. The van der Waals surface area contributed by atoms with Gasteiger partial charge in [0.05, 0.1) is 0 Å². The minimum atomic E-state index is 0.546. The fourth-order valence-corrected chi connectivity index (χ4v) is 5.03. The van der Waals surface area contributed by atoms with Crippen LogP contribution in [0.3, 0.4) is 0 Å². The highest BCUT2D eigenvalue weighted by molar-refractivity contribution is 8.03. The minimum absolute atomic E-state index is 0.546. The molecule has 0 radical (unpaired) electrons. The summed E-state index contributed by atoms with van der Waals surface area (Å²) in [5.41, 5.74) is 0.546. The van der Waals surface area contributed by atoms with Gasteiger partial charge in [-0.3, -0.25) is 0 Å². The Labute approximate surface area is 102 Å². The van der Waals surface area contributed by atoms with E-state index in [0.717, 1.165) is 23.5 Å². The molecule has 0 atom stereocenters. The number of allylic oxidation sites excluding steroid dienone is 1. The average Bonchev–Trinajstić information content (AvgIpc) is 2.22. The van der Waals surface area contributed by atoms with Crippen molar-refractivity contribution in [1.82, 2.24) is 0 Å². The Bertz CT molecular complexity index is 304. The predicted molar refractivity (Wildman–Crippen MR) is 67.8 cm³/mol. The zero-order chi connectivity index (χ0) is 11.0. The van der Waals surface area contributed by atoms with Gasteiger partial charge in [0.2, 0.25) is 0 Å². The highest BCUT2D eigenvalue weighted by atomic mass is 32.2. The van der Waals surface area contributed by atoms with Crippen LogP contribution in [0.1, 0.15) is 38.5 Å². The number of nitrogens with zero attached hydrogens (tertiary/aromatic N) is 1. The van der Waals surface area contributed by atoms with Gasteiger partial charge in [0.25, 0.3) is 0 Å². The molecule has 0 aromatic carbocycles. The zero-order valence-corrected chi connectivity index (χ0v) is 10.5. The van der Waals surface area contributed by atoms with Crippen molar-refractivity contribution in [2.45, 2.75) is 38.5 Å². The van der Waals surface area contributed by atoms with Gasteiger partial charge in [-0.2, -0.15) is 5.26 Å². The number of thiocyanates is 1. The van der Waals surface area contributed by atoms with Crippen LogP contribution >= 0.6 is 11.8 Å². The minimum Gasteiger partial charge on any atom is -0.185 e. The van der Waals surface area contributed by atoms with Crippen LogP contribution in [0.4, 0.5) is 0 Å². The first-order chi connectivity index (χ1) is 7.80. The van der Waals surface area contributed by atoms with E-state index in [1.165, 1.54) is 50.3 Å². The highest BCUT2D eigenvalue weighted by Gasteiger charge is 2.49. The fourth-order valence-electron chi connectivity index (χ4n) is 4.77. The standard InChI is InChI=1S/C14H19NS/c15-10-16-3-1-2-14-7-11-4-12(8-14)6-13(5-11)9-14/h1-2,11-13H,3-9H2/b2-1+. The largest absolute Gasteiger partial charge is 0.185 e. The molecule has 0 aromatic rings. The summed E-state index contributed by atoms with van der Waals surface area (Å²) in [5.74, 6) is 3.96. The monoisotopic (exact) mass is 233 g/mol. The average molecular weight is 233 g/mol. The first kappa shape index (κ1) is 10.7. The molecule has 0 saturated heterocycles. The van der Waals surface area contributed by atoms with Gasteiger partial charge in [0.1, 0.15) is 5.40 Å². The molecule has 4 saturated carbocycles. The van der Waals surface area contributed by atoms with Crippen LogP contribution in [0.2, 0.25) is 0 Å². The topological polar surface area (TPSA) is 23.8 Å². The van der Waals surface area contributed by atoms with Crippen LogP contribution in [0, 0.1) is 33.8 Å². The second-order valence-electron chi connectivity index (χ2n) is 6.08. The Hall–Kier alpha value is -0.420. The van der Waals surface area contributed by atoms with Crippen LogP contribution in [-0.4, -0.2) is 5.75 Å². The van der Waals surface area contributed by atoms with Gasteiger partial charge in [0, 0.05) is 5.75 Å². The Kier molecular flexibility index (Phi) is 2.75. The van der Waals surface area contributed by atoms with Gasteiger partial charge in [0.15, 0.2) is 0 Å². The summed E-state index contributed by atoms with van der Waals surface area (Å²) in [6.45, 7) is 0. The molecule has 0 heterocycles. The number of rotatable bonds is 3. The van der Waals surface area contributed by atoms with Gasteiger partial charge < -0.3 is 0 Å². The third kappa shape index (κ3) is 1.91. The molecule has 0 aromatic heterocycles. The Morgan fingerprint density at radius 1 is 1.12 bits per heavy atom. The molecule has 0 aliphatic heterocycles. The molecule has 0 amide bonds. The van der Waals surface area contributed by atoms with Gasteiger partial charge in [-0.1, -0.05) is 12.2 Å². The van der Waals surface area contributed by atoms with E-state index in [1.54, 1.807) is 0 Å². The summed E-state index contributed by atoms with van der Waals surface area (Å²) in [6, 6.07) is 0. The molecule has 4 rings (SSSR count). The van der Waals surface area contributed by atoms with Gasteiger partial charge in [-0.05, 0) is 73.5 Å². The van der Waals surface area contributed by atoms with E-state index in [-0.39, 0.29) is 0 Å². The first-order valence-electron chi connectivity index (χ1n) is 6.48. The Morgan fingerprint density at radius 3 is 2.19 bits per heavy atom. The fraction of sp³-hybridized carbons (Fsp3) is 0.786.